The number of hydrogen-bond donors (Lipinski definition) is 1. The second-order valence-electron chi connectivity index (χ2n) is 6.38. The quantitative estimate of drug-likeness (QED) is 0.631. The predicted octanol–water partition coefficient (Wildman–Crippen LogP) is 4.63. The van der Waals surface area contributed by atoms with Gasteiger partial charge in [-0.25, -0.2) is 4.39 Å². The maximum Gasteiger partial charge on any atom is 0.235 e. The van der Waals surface area contributed by atoms with Crippen LogP contribution in [-0.2, 0) is 17.1 Å². The number of furan rings is 1. The molecule has 1 N–H and O–H groups in total. The summed E-state index contributed by atoms with van der Waals surface area (Å²) in [6, 6.07) is 12.0. The van der Waals surface area contributed by atoms with Crippen LogP contribution in [0.2, 0.25) is 0 Å². The van der Waals surface area contributed by atoms with E-state index >= 15 is 0 Å². The summed E-state index contributed by atoms with van der Waals surface area (Å²) in [6.45, 7) is 4.20. The number of rotatable bonds is 7. The van der Waals surface area contributed by atoms with Gasteiger partial charge in [-0.2, -0.15) is 5.26 Å². The maximum absolute atomic E-state index is 13.2. The SMILES string of the molecule is Cc1c(C#N)c(NC(=O)CSCc2ccco2)n(Cc2ccc(F)cc2)c1C. The molecular formula is C21H20FN3O2S. The van der Waals surface area contributed by atoms with Crippen molar-refractivity contribution in [2.45, 2.75) is 26.1 Å². The van der Waals surface area contributed by atoms with Gasteiger partial charge in [0.25, 0.3) is 0 Å². The van der Waals surface area contributed by atoms with Crippen molar-refractivity contribution < 1.29 is 13.6 Å². The Bertz CT molecular complexity index is 1000. The molecule has 1 aromatic carbocycles. The van der Waals surface area contributed by atoms with Crippen molar-refractivity contribution >= 4 is 23.5 Å². The van der Waals surface area contributed by atoms with Gasteiger partial charge in [0.2, 0.25) is 5.91 Å². The van der Waals surface area contributed by atoms with Crippen molar-refractivity contribution in [1.29, 1.82) is 5.26 Å². The Hall–Kier alpha value is -2.98. The van der Waals surface area contributed by atoms with Crippen molar-refractivity contribution in [3.8, 4) is 6.07 Å². The molecule has 0 unspecified atom stereocenters. The first-order chi connectivity index (χ1) is 13.5. The molecule has 0 spiro atoms. The van der Waals surface area contributed by atoms with Gasteiger partial charge in [0.15, 0.2) is 0 Å². The third-order valence-electron chi connectivity index (χ3n) is 4.51. The number of amides is 1. The zero-order valence-corrected chi connectivity index (χ0v) is 16.5. The van der Waals surface area contributed by atoms with Crippen LogP contribution >= 0.6 is 11.8 Å². The highest BCUT2D eigenvalue weighted by molar-refractivity contribution is 7.99. The Morgan fingerprint density at radius 1 is 1.29 bits per heavy atom. The minimum absolute atomic E-state index is 0.189. The third kappa shape index (κ3) is 4.46. The molecule has 0 bridgehead atoms. The molecule has 5 nitrogen and oxygen atoms in total. The van der Waals surface area contributed by atoms with E-state index in [2.05, 4.69) is 11.4 Å². The van der Waals surface area contributed by atoms with Crippen molar-refractivity contribution in [2.75, 3.05) is 11.1 Å². The topological polar surface area (TPSA) is 71.0 Å². The largest absolute Gasteiger partial charge is 0.468 e. The van der Waals surface area contributed by atoms with Crippen LogP contribution in [0.4, 0.5) is 10.2 Å². The first-order valence-corrected chi connectivity index (χ1v) is 9.89. The molecule has 7 heteroatoms. The van der Waals surface area contributed by atoms with Crippen molar-refractivity contribution in [3.05, 3.63) is 76.6 Å². The van der Waals surface area contributed by atoms with Crippen LogP contribution in [0.15, 0.2) is 47.1 Å². The number of hydrogen-bond acceptors (Lipinski definition) is 4. The number of nitrogens with zero attached hydrogens (tertiary/aromatic N) is 2. The van der Waals surface area contributed by atoms with Crippen molar-refractivity contribution in [2.24, 2.45) is 0 Å². The lowest BCUT2D eigenvalue weighted by Gasteiger charge is -2.13. The minimum atomic E-state index is -0.302. The van der Waals surface area contributed by atoms with Gasteiger partial charge >= 0.3 is 0 Å². The standard InChI is InChI=1S/C21H20FN3O2S/c1-14-15(2)25(11-16-5-7-17(22)8-6-16)21(19(14)10-23)24-20(26)13-28-12-18-4-3-9-27-18/h3-9H,11-13H2,1-2H3,(H,24,26). The number of carbonyl (C=O) groups is 1. The van der Waals surface area contributed by atoms with E-state index in [0.29, 0.717) is 23.7 Å². The van der Waals surface area contributed by atoms with Gasteiger partial charge in [-0.15, -0.1) is 11.8 Å². The summed E-state index contributed by atoms with van der Waals surface area (Å²) in [5.74, 6) is 1.63. The molecule has 28 heavy (non-hydrogen) atoms. The fourth-order valence-electron chi connectivity index (χ4n) is 2.91. The Kier molecular flexibility index (Phi) is 6.22. The number of nitrogens with one attached hydrogen (secondary N) is 1. The predicted molar refractivity (Wildman–Crippen MR) is 108 cm³/mol. The van der Waals surface area contributed by atoms with Crippen molar-refractivity contribution in [1.82, 2.24) is 4.57 Å². The van der Waals surface area contributed by atoms with E-state index in [-0.39, 0.29) is 17.5 Å². The number of aromatic nitrogens is 1. The molecule has 0 radical (unpaired) electrons. The highest BCUT2D eigenvalue weighted by Gasteiger charge is 2.19. The first-order valence-electron chi connectivity index (χ1n) is 8.73. The second-order valence-corrected chi connectivity index (χ2v) is 7.36. The summed E-state index contributed by atoms with van der Waals surface area (Å²) in [6.07, 6.45) is 1.60. The zero-order valence-electron chi connectivity index (χ0n) is 15.7. The minimum Gasteiger partial charge on any atom is -0.468 e. The van der Waals surface area contributed by atoms with E-state index in [9.17, 15) is 14.4 Å². The molecule has 0 saturated heterocycles. The summed E-state index contributed by atoms with van der Waals surface area (Å²) >= 11 is 1.43. The number of benzene rings is 1. The number of nitriles is 1. The van der Waals surface area contributed by atoms with E-state index in [1.54, 1.807) is 18.4 Å². The second kappa shape index (κ2) is 8.81. The Labute approximate surface area is 167 Å². The van der Waals surface area contributed by atoms with Crippen LogP contribution in [0.1, 0.15) is 28.1 Å². The van der Waals surface area contributed by atoms with Crippen LogP contribution in [0.25, 0.3) is 0 Å². The van der Waals surface area contributed by atoms with Crippen molar-refractivity contribution in [3.63, 3.8) is 0 Å². The van der Waals surface area contributed by atoms with Gasteiger partial charge in [0, 0.05) is 12.2 Å². The van der Waals surface area contributed by atoms with Crippen LogP contribution in [0.3, 0.4) is 0 Å². The number of carbonyl (C=O) groups excluding carboxylic acids is 1. The average Bonchev–Trinajstić information content (AvgIpc) is 3.26. The van der Waals surface area contributed by atoms with Crippen LogP contribution in [0.5, 0.6) is 0 Å². The summed E-state index contributed by atoms with van der Waals surface area (Å²) in [5.41, 5.74) is 3.04. The molecule has 1 amide bonds. The van der Waals surface area contributed by atoms with Crippen LogP contribution < -0.4 is 5.32 Å². The van der Waals surface area contributed by atoms with Gasteiger partial charge < -0.3 is 14.3 Å². The molecule has 0 saturated carbocycles. The maximum atomic E-state index is 13.2. The van der Waals surface area contributed by atoms with Gasteiger partial charge in [-0.05, 0) is 49.2 Å². The smallest absolute Gasteiger partial charge is 0.235 e. The van der Waals surface area contributed by atoms with Crippen LogP contribution in [0, 0.1) is 31.0 Å². The van der Waals surface area contributed by atoms with E-state index in [1.807, 2.05) is 30.5 Å². The molecule has 2 aromatic heterocycles. The molecule has 3 rings (SSSR count). The van der Waals surface area contributed by atoms with E-state index in [1.165, 1.54) is 23.9 Å². The lowest BCUT2D eigenvalue weighted by atomic mass is 10.2. The Morgan fingerprint density at radius 3 is 2.68 bits per heavy atom. The molecule has 0 aliphatic rings. The molecule has 0 aliphatic carbocycles. The van der Waals surface area contributed by atoms with Gasteiger partial charge in [0.05, 0.1) is 23.3 Å². The summed E-state index contributed by atoms with van der Waals surface area (Å²) in [5, 5.41) is 12.5. The normalized spacial score (nSPS) is 10.6. The highest BCUT2D eigenvalue weighted by Crippen LogP contribution is 2.27. The van der Waals surface area contributed by atoms with E-state index < -0.39 is 0 Å². The van der Waals surface area contributed by atoms with Gasteiger partial charge in [-0.3, -0.25) is 4.79 Å². The fraction of sp³-hybridized carbons (Fsp3) is 0.238. The Morgan fingerprint density at radius 2 is 2.04 bits per heavy atom. The molecule has 3 aromatic rings. The van der Waals surface area contributed by atoms with Gasteiger partial charge in [0.1, 0.15) is 23.5 Å². The number of anilines is 1. The molecule has 2 heterocycles. The lowest BCUT2D eigenvalue weighted by molar-refractivity contribution is -0.113. The first kappa shape index (κ1) is 19.8. The summed E-state index contributed by atoms with van der Waals surface area (Å²) in [7, 11) is 0. The Balaban J connectivity index is 1.76. The molecule has 144 valence electrons. The fourth-order valence-corrected chi connectivity index (χ4v) is 3.63. The molecule has 0 atom stereocenters. The zero-order chi connectivity index (χ0) is 20.1. The molecule has 0 aliphatic heterocycles. The van der Waals surface area contributed by atoms with Gasteiger partial charge in [-0.1, -0.05) is 12.1 Å². The number of thioether (sulfide) groups is 1. The average molecular weight is 397 g/mol. The highest BCUT2D eigenvalue weighted by atomic mass is 32.2. The third-order valence-corrected chi connectivity index (χ3v) is 5.47. The molecule has 0 fully saturated rings. The molecular weight excluding hydrogens is 377 g/mol. The number of halogens is 1. The van der Waals surface area contributed by atoms with E-state index in [4.69, 9.17) is 4.42 Å². The monoisotopic (exact) mass is 397 g/mol. The lowest BCUT2D eigenvalue weighted by Crippen LogP contribution is -2.18. The summed E-state index contributed by atoms with van der Waals surface area (Å²) < 4.78 is 20.3. The van der Waals surface area contributed by atoms with Crippen LogP contribution in [-0.4, -0.2) is 16.2 Å². The van der Waals surface area contributed by atoms with E-state index in [0.717, 1.165) is 22.6 Å². The summed E-state index contributed by atoms with van der Waals surface area (Å²) in [4.78, 5) is 12.4.